The van der Waals surface area contributed by atoms with Gasteiger partial charge in [-0.2, -0.15) is 0 Å². The maximum absolute atomic E-state index is 5.32. The molecule has 0 aromatic rings. The molecule has 0 aromatic heterocycles. The van der Waals surface area contributed by atoms with Crippen molar-refractivity contribution in [1.29, 1.82) is 0 Å². The monoisotopic (exact) mass is 157 g/mol. The Morgan fingerprint density at radius 3 is 2.55 bits per heavy atom. The SMILES string of the molecule is CCOCCC1(C)CN(C)C1. The van der Waals surface area contributed by atoms with Crippen molar-refractivity contribution in [3.05, 3.63) is 0 Å². The molecule has 0 bridgehead atoms. The van der Waals surface area contributed by atoms with E-state index in [2.05, 4.69) is 25.8 Å². The second-order valence-electron chi connectivity index (χ2n) is 3.93. The fraction of sp³-hybridized carbons (Fsp3) is 1.00. The quantitative estimate of drug-likeness (QED) is 0.571. The molecule has 66 valence electrons. The molecule has 1 heterocycles. The molecule has 0 atom stereocenters. The summed E-state index contributed by atoms with van der Waals surface area (Å²) in [5, 5.41) is 0. The lowest BCUT2D eigenvalue weighted by molar-refractivity contribution is 0.00427. The lowest BCUT2D eigenvalue weighted by Gasteiger charge is -2.46. The first-order valence-corrected chi connectivity index (χ1v) is 4.42. The van der Waals surface area contributed by atoms with Crippen molar-refractivity contribution in [2.24, 2.45) is 5.41 Å². The van der Waals surface area contributed by atoms with Gasteiger partial charge < -0.3 is 9.64 Å². The summed E-state index contributed by atoms with van der Waals surface area (Å²) in [6.45, 7) is 8.65. The first-order chi connectivity index (χ1) is 5.16. The van der Waals surface area contributed by atoms with E-state index in [9.17, 15) is 0 Å². The second-order valence-corrected chi connectivity index (χ2v) is 3.93. The molecule has 1 aliphatic heterocycles. The summed E-state index contributed by atoms with van der Waals surface area (Å²) in [4.78, 5) is 2.35. The number of hydrogen-bond donors (Lipinski definition) is 0. The third kappa shape index (κ3) is 2.46. The number of hydrogen-bond acceptors (Lipinski definition) is 2. The Morgan fingerprint density at radius 2 is 2.09 bits per heavy atom. The summed E-state index contributed by atoms with van der Waals surface area (Å²) in [6, 6.07) is 0. The minimum absolute atomic E-state index is 0.546. The molecule has 0 aliphatic carbocycles. The Morgan fingerprint density at radius 1 is 1.45 bits per heavy atom. The number of ether oxygens (including phenoxy) is 1. The van der Waals surface area contributed by atoms with Crippen molar-refractivity contribution < 1.29 is 4.74 Å². The highest BCUT2D eigenvalue weighted by Crippen LogP contribution is 2.31. The Balaban J connectivity index is 2.07. The summed E-state index contributed by atoms with van der Waals surface area (Å²) < 4.78 is 5.32. The summed E-state index contributed by atoms with van der Waals surface area (Å²) >= 11 is 0. The predicted molar refractivity (Wildman–Crippen MR) is 46.7 cm³/mol. The molecule has 0 saturated carbocycles. The fourth-order valence-corrected chi connectivity index (χ4v) is 1.88. The van der Waals surface area contributed by atoms with Crippen molar-refractivity contribution >= 4 is 0 Å². The van der Waals surface area contributed by atoms with Crippen molar-refractivity contribution in [3.63, 3.8) is 0 Å². The molecule has 1 fully saturated rings. The topological polar surface area (TPSA) is 12.5 Å². The van der Waals surface area contributed by atoms with Gasteiger partial charge in [-0.15, -0.1) is 0 Å². The summed E-state index contributed by atoms with van der Waals surface area (Å²) in [7, 11) is 2.17. The van der Waals surface area contributed by atoms with Gasteiger partial charge in [0.2, 0.25) is 0 Å². The lowest BCUT2D eigenvalue weighted by Crippen LogP contribution is -2.52. The molecule has 0 aromatic carbocycles. The van der Waals surface area contributed by atoms with Crippen LogP contribution >= 0.6 is 0 Å². The van der Waals surface area contributed by atoms with E-state index < -0.39 is 0 Å². The minimum atomic E-state index is 0.546. The maximum Gasteiger partial charge on any atom is 0.0472 e. The van der Waals surface area contributed by atoms with Gasteiger partial charge in [-0.1, -0.05) is 6.92 Å². The predicted octanol–water partition coefficient (Wildman–Crippen LogP) is 1.36. The normalized spacial score (nSPS) is 23.2. The van der Waals surface area contributed by atoms with E-state index in [1.54, 1.807) is 0 Å². The molecule has 1 saturated heterocycles. The molecule has 2 heteroatoms. The van der Waals surface area contributed by atoms with E-state index in [0.717, 1.165) is 13.2 Å². The van der Waals surface area contributed by atoms with Crippen molar-refractivity contribution in [2.75, 3.05) is 33.4 Å². The molecule has 0 unspecified atom stereocenters. The van der Waals surface area contributed by atoms with Gasteiger partial charge in [0.1, 0.15) is 0 Å². The molecular weight excluding hydrogens is 138 g/mol. The second kappa shape index (κ2) is 3.55. The molecule has 1 rings (SSSR count). The Bertz CT molecular complexity index is 119. The van der Waals surface area contributed by atoms with E-state index in [1.165, 1.54) is 19.5 Å². The zero-order valence-electron chi connectivity index (χ0n) is 7.89. The maximum atomic E-state index is 5.32. The first kappa shape index (κ1) is 9.01. The average molecular weight is 157 g/mol. The van der Waals surface area contributed by atoms with Crippen LogP contribution in [0.3, 0.4) is 0 Å². The number of nitrogens with zero attached hydrogens (tertiary/aromatic N) is 1. The van der Waals surface area contributed by atoms with E-state index in [0.29, 0.717) is 5.41 Å². The van der Waals surface area contributed by atoms with Crippen LogP contribution in [0.4, 0.5) is 0 Å². The zero-order valence-corrected chi connectivity index (χ0v) is 7.89. The molecule has 0 radical (unpaired) electrons. The van der Waals surface area contributed by atoms with Crippen molar-refractivity contribution in [2.45, 2.75) is 20.3 Å². The highest BCUT2D eigenvalue weighted by atomic mass is 16.5. The van der Waals surface area contributed by atoms with Crippen LogP contribution in [0, 0.1) is 5.41 Å². The smallest absolute Gasteiger partial charge is 0.0472 e. The molecule has 2 nitrogen and oxygen atoms in total. The third-order valence-electron chi connectivity index (χ3n) is 2.36. The first-order valence-electron chi connectivity index (χ1n) is 4.42. The summed E-state index contributed by atoms with van der Waals surface area (Å²) in [5.41, 5.74) is 0.546. The van der Waals surface area contributed by atoms with Crippen LogP contribution in [0.2, 0.25) is 0 Å². The van der Waals surface area contributed by atoms with Crippen LogP contribution in [0.1, 0.15) is 20.3 Å². The number of likely N-dealkylation sites (tertiary alicyclic amines) is 1. The van der Waals surface area contributed by atoms with Gasteiger partial charge in [0.25, 0.3) is 0 Å². The van der Waals surface area contributed by atoms with Gasteiger partial charge in [-0.3, -0.25) is 0 Å². The van der Waals surface area contributed by atoms with E-state index in [-0.39, 0.29) is 0 Å². The molecule has 1 aliphatic rings. The Labute approximate surface area is 69.5 Å². The molecule has 0 amide bonds. The van der Waals surface area contributed by atoms with Crippen LogP contribution in [-0.2, 0) is 4.74 Å². The highest BCUT2D eigenvalue weighted by molar-refractivity contribution is 4.89. The van der Waals surface area contributed by atoms with Crippen molar-refractivity contribution in [1.82, 2.24) is 4.90 Å². The van der Waals surface area contributed by atoms with Crippen molar-refractivity contribution in [3.8, 4) is 0 Å². The van der Waals surface area contributed by atoms with Crippen LogP contribution in [0.15, 0.2) is 0 Å². The van der Waals surface area contributed by atoms with E-state index in [4.69, 9.17) is 4.74 Å². The molecule has 0 N–H and O–H groups in total. The fourth-order valence-electron chi connectivity index (χ4n) is 1.88. The van der Waals surface area contributed by atoms with Crippen LogP contribution in [-0.4, -0.2) is 38.3 Å². The summed E-state index contributed by atoms with van der Waals surface area (Å²) in [5.74, 6) is 0. The van der Waals surface area contributed by atoms with E-state index >= 15 is 0 Å². The number of rotatable bonds is 4. The third-order valence-corrected chi connectivity index (χ3v) is 2.36. The van der Waals surface area contributed by atoms with Crippen LogP contribution in [0.5, 0.6) is 0 Å². The van der Waals surface area contributed by atoms with Gasteiger partial charge in [0, 0.05) is 26.3 Å². The van der Waals surface area contributed by atoms with Gasteiger partial charge >= 0.3 is 0 Å². The summed E-state index contributed by atoms with van der Waals surface area (Å²) in [6.07, 6.45) is 1.21. The van der Waals surface area contributed by atoms with Crippen LogP contribution in [0.25, 0.3) is 0 Å². The zero-order chi connectivity index (χ0) is 8.32. The van der Waals surface area contributed by atoms with Gasteiger partial charge in [-0.25, -0.2) is 0 Å². The largest absolute Gasteiger partial charge is 0.382 e. The molecule has 11 heavy (non-hydrogen) atoms. The van der Waals surface area contributed by atoms with Gasteiger partial charge in [0.05, 0.1) is 0 Å². The molecular formula is C9H19NO. The average Bonchev–Trinajstić information content (AvgIpc) is 1.85. The van der Waals surface area contributed by atoms with E-state index in [1.807, 2.05) is 0 Å². The van der Waals surface area contributed by atoms with Crippen LogP contribution < -0.4 is 0 Å². The lowest BCUT2D eigenvalue weighted by atomic mass is 9.80. The Hall–Kier alpha value is -0.0800. The molecule has 0 spiro atoms. The van der Waals surface area contributed by atoms with Gasteiger partial charge in [0.15, 0.2) is 0 Å². The standard InChI is InChI=1S/C9H19NO/c1-4-11-6-5-9(2)7-10(3)8-9/h4-8H2,1-3H3. The van der Waals surface area contributed by atoms with Gasteiger partial charge in [-0.05, 0) is 25.8 Å². The highest BCUT2D eigenvalue weighted by Gasteiger charge is 2.35. The Kier molecular flexibility index (Phi) is 2.90. The minimum Gasteiger partial charge on any atom is -0.382 e.